The molecule has 26 heavy (non-hydrogen) atoms. The van der Waals surface area contributed by atoms with Gasteiger partial charge < -0.3 is 14.8 Å². The average molecular weight is 353 g/mol. The van der Waals surface area contributed by atoms with E-state index < -0.39 is 0 Å². The lowest BCUT2D eigenvalue weighted by molar-refractivity contribution is -0.122. The first-order valence-electron chi connectivity index (χ1n) is 9.34. The highest BCUT2D eigenvalue weighted by atomic mass is 16.5. The molecule has 1 N–H and O–H groups in total. The molecule has 0 spiro atoms. The van der Waals surface area contributed by atoms with E-state index in [1.807, 2.05) is 36.4 Å². The molecule has 1 heterocycles. The predicted molar refractivity (Wildman–Crippen MR) is 102 cm³/mol. The van der Waals surface area contributed by atoms with Gasteiger partial charge in [0, 0.05) is 18.5 Å². The second-order valence-electron chi connectivity index (χ2n) is 6.84. The third-order valence-corrected chi connectivity index (χ3v) is 4.77. The van der Waals surface area contributed by atoms with E-state index >= 15 is 0 Å². The summed E-state index contributed by atoms with van der Waals surface area (Å²) in [7, 11) is 0. The largest absolute Gasteiger partial charge is 0.489 e. The number of carbonyl (C=O) groups excluding carboxylic acids is 1. The van der Waals surface area contributed by atoms with Crippen molar-refractivity contribution in [2.75, 3.05) is 0 Å². The summed E-state index contributed by atoms with van der Waals surface area (Å²) in [5.74, 6) is 0.860. The third-order valence-electron chi connectivity index (χ3n) is 4.77. The zero-order valence-corrected chi connectivity index (χ0v) is 15.5. The summed E-state index contributed by atoms with van der Waals surface area (Å²) in [4.78, 5) is 11.5. The van der Waals surface area contributed by atoms with E-state index in [1.165, 1.54) is 0 Å². The van der Waals surface area contributed by atoms with Crippen molar-refractivity contribution < 1.29 is 14.3 Å². The van der Waals surface area contributed by atoms with Crippen LogP contribution < -0.4 is 10.1 Å². The van der Waals surface area contributed by atoms with Crippen LogP contribution in [0.15, 0.2) is 54.6 Å². The summed E-state index contributed by atoms with van der Waals surface area (Å²) in [5.41, 5.74) is 2.19. The second-order valence-corrected chi connectivity index (χ2v) is 6.84. The zero-order valence-electron chi connectivity index (χ0n) is 15.5. The molecular weight excluding hydrogens is 326 g/mol. The van der Waals surface area contributed by atoms with Crippen LogP contribution >= 0.6 is 0 Å². The van der Waals surface area contributed by atoms with Gasteiger partial charge in [-0.05, 0) is 30.9 Å². The van der Waals surface area contributed by atoms with Crippen molar-refractivity contribution in [3.8, 4) is 5.75 Å². The molecule has 1 saturated heterocycles. The molecule has 4 nitrogen and oxygen atoms in total. The van der Waals surface area contributed by atoms with E-state index in [1.54, 1.807) is 6.92 Å². The average Bonchev–Trinajstić information content (AvgIpc) is 2.66. The Kier molecular flexibility index (Phi) is 6.29. The molecule has 3 atom stereocenters. The first-order chi connectivity index (χ1) is 12.7. The summed E-state index contributed by atoms with van der Waals surface area (Å²) in [6.45, 7) is 4.22. The molecule has 2 aromatic rings. The van der Waals surface area contributed by atoms with Crippen molar-refractivity contribution in [2.24, 2.45) is 0 Å². The fraction of sp³-hybridized carbons (Fsp3) is 0.409. The van der Waals surface area contributed by atoms with Gasteiger partial charge in [-0.25, -0.2) is 0 Å². The summed E-state index contributed by atoms with van der Waals surface area (Å²) >= 11 is 0. The second kappa shape index (κ2) is 8.86. The minimum Gasteiger partial charge on any atom is -0.489 e. The lowest BCUT2D eigenvalue weighted by Gasteiger charge is -2.36. The lowest BCUT2D eigenvalue weighted by atomic mass is 9.92. The number of nitrogens with one attached hydrogen (secondary N) is 1. The highest BCUT2D eigenvalue weighted by Gasteiger charge is 2.31. The Balaban J connectivity index is 1.75. The van der Waals surface area contributed by atoms with Crippen LogP contribution in [-0.4, -0.2) is 18.1 Å². The molecule has 0 aromatic heterocycles. The van der Waals surface area contributed by atoms with Gasteiger partial charge in [-0.15, -0.1) is 0 Å². The monoisotopic (exact) mass is 353 g/mol. The zero-order chi connectivity index (χ0) is 18.4. The molecule has 1 aliphatic heterocycles. The van der Waals surface area contributed by atoms with Crippen molar-refractivity contribution in [3.63, 3.8) is 0 Å². The maximum absolute atomic E-state index is 11.5. The van der Waals surface area contributed by atoms with Crippen LogP contribution in [-0.2, 0) is 16.1 Å². The van der Waals surface area contributed by atoms with E-state index in [9.17, 15) is 4.79 Å². The molecule has 0 unspecified atom stereocenters. The van der Waals surface area contributed by atoms with Crippen molar-refractivity contribution in [3.05, 3.63) is 65.7 Å². The van der Waals surface area contributed by atoms with Gasteiger partial charge >= 0.3 is 0 Å². The first-order valence-corrected chi connectivity index (χ1v) is 9.34. The maximum atomic E-state index is 11.5. The molecule has 1 aliphatic rings. The predicted octanol–water partition coefficient (Wildman–Crippen LogP) is 4.40. The maximum Gasteiger partial charge on any atom is 0.217 e. The molecule has 138 valence electrons. The minimum absolute atomic E-state index is 0.0131. The molecule has 1 fully saturated rings. The van der Waals surface area contributed by atoms with Crippen molar-refractivity contribution in [1.29, 1.82) is 0 Å². The standard InChI is InChI=1S/C22H27NO3/c1-3-19-13-18(23-16(2)24)14-22(26-19)20-11-7-8-12-21(20)25-15-17-9-5-4-6-10-17/h4-12,18-19,22H,3,13-15H2,1-2H3,(H,23,24)/t18-,19+,22+/m0/s1. The Hall–Kier alpha value is -2.33. The molecule has 3 rings (SSSR count). The number of para-hydroxylation sites is 1. The van der Waals surface area contributed by atoms with Gasteiger partial charge in [0.25, 0.3) is 0 Å². The third kappa shape index (κ3) is 4.85. The van der Waals surface area contributed by atoms with E-state index in [-0.39, 0.29) is 24.2 Å². The fourth-order valence-electron chi connectivity index (χ4n) is 3.50. The topological polar surface area (TPSA) is 47.6 Å². The van der Waals surface area contributed by atoms with Crippen LogP contribution in [0.2, 0.25) is 0 Å². The van der Waals surface area contributed by atoms with Crippen molar-refractivity contribution in [1.82, 2.24) is 5.32 Å². The minimum atomic E-state index is -0.0717. The highest BCUT2D eigenvalue weighted by Crippen LogP contribution is 2.37. The van der Waals surface area contributed by atoms with Crippen molar-refractivity contribution in [2.45, 2.75) is 58.0 Å². The van der Waals surface area contributed by atoms with Crippen LogP contribution in [0, 0.1) is 0 Å². The van der Waals surface area contributed by atoms with E-state index in [0.717, 1.165) is 36.1 Å². The van der Waals surface area contributed by atoms with Crippen LogP contribution in [0.3, 0.4) is 0 Å². The summed E-state index contributed by atoms with van der Waals surface area (Å²) in [6, 6.07) is 18.3. The molecule has 2 aromatic carbocycles. The molecule has 0 aliphatic carbocycles. The molecule has 1 amide bonds. The number of amides is 1. The normalized spacial score (nSPS) is 22.6. The first kappa shape index (κ1) is 18.5. The molecule has 0 radical (unpaired) electrons. The Bertz CT molecular complexity index is 716. The van der Waals surface area contributed by atoms with Crippen LogP contribution in [0.4, 0.5) is 0 Å². The number of hydrogen-bond acceptors (Lipinski definition) is 3. The smallest absolute Gasteiger partial charge is 0.217 e. The van der Waals surface area contributed by atoms with Gasteiger partial charge in [-0.1, -0.05) is 55.5 Å². The number of benzene rings is 2. The van der Waals surface area contributed by atoms with E-state index in [4.69, 9.17) is 9.47 Å². The highest BCUT2D eigenvalue weighted by molar-refractivity contribution is 5.73. The van der Waals surface area contributed by atoms with Crippen LogP contribution in [0.5, 0.6) is 5.75 Å². The van der Waals surface area contributed by atoms with Gasteiger partial charge in [0.2, 0.25) is 5.91 Å². The fourth-order valence-corrected chi connectivity index (χ4v) is 3.50. The lowest BCUT2D eigenvalue weighted by Crippen LogP contribution is -2.42. The number of ether oxygens (including phenoxy) is 2. The summed E-state index contributed by atoms with van der Waals surface area (Å²) in [5, 5.41) is 3.06. The number of hydrogen-bond donors (Lipinski definition) is 1. The van der Waals surface area contributed by atoms with Gasteiger partial charge in [0.15, 0.2) is 0 Å². The summed E-state index contributed by atoms with van der Waals surface area (Å²) < 4.78 is 12.4. The van der Waals surface area contributed by atoms with Gasteiger partial charge in [-0.2, -0.15) is 0 Å². The molecule has 4 heteroatoms. The Morgan fingerprint density at radius 1 is 1.12 bits per heavy atom. The summed E-state index contributed by atoms with van der Waals surface area (Å²) in [6.07, 6.45) is 2.63. The van der Waals surface area contributed by atoms with Gasteiger partial charge in [0.05, 0.1) is 12.2 Å². The molecular formula is C22H27NO3. The van der Waals surface area contributed by atoms with E-state index in [2.05, 4.69) is 30.4 Å². The molecule has 0 saturated carbocycles. The van der Waals surface area contributed by atoms with E-state index in [0.29, 0.717) is 6.61 Å². The van der Waals surface area contributed by atoms with Gasteiger partial charge in [-0.3, -0.25) is 4.79 Å². The van der Waals surface area contributed by atoms with Gasteiger partial charge in [0.1, 0.15) is 12.4 Å². The quantitative estimate of drug-likeness (QED) is 0.837. The number of carbonyl (C=O) groups is 1. The Morgan fingerprint density at radius 3 is 2.58 bits per heavy atom. The SMILES string of the molecule is CC[C@@H]1C[C@H](NC(C)=O)C[C@H](c2ccccc2OCc2ccccc2)O1. The van der Waals surface area contributed by atoms with Crippen LogP contribution in [0.1, 0.15) is 50.3 Å². The Labute approximate surface area is 155 Å². The Morgan fingerprint density at radius 2 is 1.85 bits per heavy atom. The molecule has 0 bridgehead atoms. The van der Waals surface area contributed by atoms with Crippen LogP contribution in [0.25, 0.3) is 0 Å². The van der Waals surface area contributed by atoms with Crippen molar-refractivity contribution >= 4 is 5.91 Å². The number of rotatable bonds is 6.